The number of benzene rings is 3. The van der Waals surface area contributed by atoms with Crippen LogP contribution in [0.3, 0.4) is 0 Å². The SMILES string of the molecule is COc1ccc(-c2ccccc2NS(=O)(=O)Cc2ccc(Cl)c(Cl)c2)c(OC)c1. The van der Waals surface area contributed by atoms with Crippen LogP contribution in [0.25, 0.3) is 11.1 Å². The van der Waals surface area contributed by atoms with Crippen molar-refractivity contribution in [3.63, 3.8) is 0 Å². The number of hydrogen-bond acceptors (Lipinski definition) is 4. The molecule has 0 atom stereocenters. The van der Waals surface area contributed by atoms with E-state index in [1.807, 2.05) is 18.2 Å². The number of para-hydroxylation sites is 1. The second kappa shape index (κ2) is 8.95. The molecule has 3 rings (SSSR count). The van der Waals surface area contributed by atoms with E-state index in [-0.39, 0.29) is 5.75 Å². The number of ether oxygens (including phenoxy) is 2. The Morgan fingerprint density at radius 1 is 0.862 bits per heavy atom. The van der Waals surface area contributed by atoms with Crippen LogP contribution in [-0.2, 0) is 15.8 Å². The van der Waals surface area contributed by atoms with Crippen molar-refractivity contribution in [3.05, 3.63) is 76.3 Å². The molecule has 0 saturated heterocycles. The lowest BCUT2D eigenvalue weighted by atomic mass is 10.0. The first kappa shape index (κ1) is 21.3. The highest BCUT2D eigenvalue weighted by molar-refractivity contribution is 7.91. The molecule has 3 aromatic rings. The molecule has 0 aliphatic rings. The maximum atomic E-state index is 12.8. The Balaban J connectivity index is 1.94. The maximum absolute atomic E-state index is 12.8. The van der Waals surface area contributed by atoms with E-state index >= 15 is 0 Å². The van der Waals surface area contributed by atoms with E-state index in [1.54, 1.807) is 56.7 Å². The molecule has 152 valence electrons. The van der Waals surface area contributed by atoms with Gasteiger partial charge in [-0.2, -0.15) is 0 Å². The Morgan fingerprint density at radius 2 is 1.62 bits per heavy atom. The van der Waals surface area contributed by atoms with E-state index < -0.39 is 10.0 Å². The van der Waals surface area contributed by atoms with Crippen molar-refractivity contribution in [1.82, 2.24) is 0 Å². The third-order valence-electron chi connectivity index (χ3n) is 4.23. The fourth-order valence-electron chi connectivity index (χ4n) is 2.88. The van der Waals surface area contributed by atoms with Crippen LogP contribution >= 0.6 is 23.2 Å². The zero-order valence-electron chi connectivity index (χ0n) is 15.8. The highest BCUT2D eigenvalue weighted by Crippen LogP contribution is 2.37. The fraction of sp³-hybridized carbons (Fsp3) is 0.143. The van der Waals surface area contributed by atoms with Gasteiger partial charge in [-0.15, -0.1) is 0 Å². The molecule has 0 aromatic heterocycles. The Bertz CT molecular complexity index is 1130. The van der Waals surface area contributed by atoms with E-state index in [0.717, 1.165) is 5.56 Å². The van der Waals surface area contributed by atoms with Gasteiger partial charge in [0.25, 0.3) is 0 Å². The highest BCUT2D eigenvalue weighted by Gasteiger charge is 2.17. The first-order valence-corrected chi connectivity index (χ1v) is 11.0. The summed E-state index contributed by atoms with van der Waals surface area (Å²) in [5.74, 6) is 0.974. The molecule has 0 unspecified atom stereocenters. The summed E-state index contributed by atoms with van der Waals surface area (Å²) in [4.78, 5) is 0. The van der Waals surface area contributed by atoms with Gasteiger partial charge in [-0.05, 0) is 35.9 Å². The highest BCUT2D eigenvalue weighted by atomic mass is 35.5. The number of sulfonamides is 1. The summed E-state index contributed by atoms with van der Waals surface area (Å²) in [7, 11) is -0.578. The molecular weight excluding hydrogens is 433 g/mol. The van der Waals surface area contributed by atoms with Gasteiger partial charge < -0.3 is 9.47 Å². The van der Waals surface area contributed by atoms with Crippen molar-refractivity contribution in [3.8, 4) is 22.6 Å². The molecule has 0 fully saturated rings. The van der Waals surface area contributed by atoms with Gasteiger partial charge in [0.2, 0.25) is 10.0 Å². The molecule has 0 aliphatic carbocycles. The monoisotopic (exact) mass is 451 g/mol. The molecule has 3 aromatic carbocycles. The van der Waals surface area contributed by atoms with E-state index in [4.69, 9.17) is 32.7 Å². The first-order valence-electron chi connectivity index (χ1n) is 8.59. The van der Waals surface area contributed by atoms with Crippen LogP contribution in [0.2, 0.25) is 10.0 Å². The molecule has 0 amide bonds. The number of hydrogen-bond donors (Lipinski definition) is 1. The average molecular weight is 452 g/mol. The van der Waals surface area contributed by atoms with Gasteiger partial charge in [-0.25, -0.2) is 8.42 Å². The molecule has 0 aliphatic heterocycles. The van der Waals surface area contributed by atoms with E-state index in [2.05, 4.69) is 4.72 Å². The first-order chi connectivity index (χ1) is 13.8. The minimum atomic E-state index is -3.70. The number of halogens is 2. The lowest BCUT2D eigenvalue weighted by Crippen LogP contribution is -2.15. The lowest BCUT2D eigenvalue weighted by Gasteiger charge is -2.16. The fourth-order valence-corrected chi connectivity index (χ4v) is 4.40. The van der Waals surface area contributed by atoms with Crippen molar-refractivity contribution in [2.45, 2.75) is 5.75 Å². The van der Waals surface area contributed by atoms with Crippen LogP contribution in [0.1, 0.15) is 5.56 Å². The van der Waals surface area contributed by atoms with Crippen LogP contribution in [0, 0.1) is 0 Å². The zero-order chi connectivity index (χ0) is 21.0. The van der Waals surface area contributed by atoms with Gasteiger partial charge in [-0.3, -0.25) is 4.72 Å². The van der Waals surface area contributed by atoms with Crippen LogP contribution in [-0.4, -0.2) is 22.6 Å². The maximum Gasteiger partial charge on any atom is 0.236 e. The number of anilines is 1. The number of methoxy groups -OCH3 is 2. The Kier molecular flexibility index (Phi) is 6.57. The zero-order valence-corrected chi connectivity index (χ0v) is 18.1. The molecule has 29 heavy (non-hydrogen) atoms. The Morgan fingerprint density at radius 3 is 2.31 bits per heavy atom. The lowest BCUT2D eigenvalue weighted by molar-refractivity contribution is 0.395. The van der Waals surface area contributed by atoms with Crippen LogP contribution < -0.4 is 14.2 Å². The second-order valence-corrected chi connectivity index (χ2v) is 8.76. The van der Waals surface area contributed by atoms with Crippen molar-refractivity contribution in [2.75, 3.05) is 18.9 Å². The van der Waals surface area contributed by atoms with Gasteiger partial charge in [0, 0.05) is 17.2 Å². The molecule has 0 heterocycles. The van der Waals surface area contributed by atoms with Gasteiger partial charge >= 0.3 is 0 Å². The summed E-state index contributed by atoms with van der Waals surface area (Å²) >= 11 is 11.9. The number of nitrogens with one attached hydrogen (secondary N) is 1. The molecule has 8 heteroatoms. The molecule has 5 nitrogen and oxygen atoms in total. The summed E-state index contributed by atoms with van der Waals surface area (Å²) in [5.41, 5.74) is 2.40. The van der Waals surface area contributed by atoms with Crippen molar-refractivity contribution in [2.24, 2.45) is 0 Å². The van der Waals surface area contributed by atoms with Gasteiger partial charge in [0.1, 0.15) is 11.5 Å². The summed E-state index contributed by atoms with van der Waals surface area (Å²) in [6.07, 6.45) is 0. The van der Waals surface area contributed by atoms with E-state index in [1.165, 1.54) is 0 Å². The molecule has 0 bridgehead atoms. The van der Waals surface area contributed by atoms with Gasteiger partial charge in [0.05, 0.1) is 35.7 Å². The van der Waals surface area contributed by atoms with Gasteiger partial charge in [0.15, 0.2) is 0 Å². The smallest absolute Gasteiger partial charge is 0.236 e. The minimum absolute atomic E-state index is 0.238. The normalized spacial score (nSPS) is 11.2. The molecule has 0 spiro atoms. The predicted molar refractivity (Wildman–Crippen MR) is 118 cm³/mol. The average Bonchev–Trinajstić information content (AvgIpc) is 2.70. The third kappa shape index (κ3) is 5.15. The van der Waals surface area contributed by atoms with Crippen molar-refractivity contribution in [1.29, 1.82) is 0 Å². The Hall–Kier alpha value is -2.41. The minimum Gasteiger partial charge on any atom is -0.497 e. The molecule has 0 saturated carbocycles. The molecule has 1 N–H and O–H groups in total. The van der Waals surface area contributed by atoms with Crippen molar-refractivity contribution < 1.29 is 17.9 Å². The second-order valence-electron chi connectivity index (χ2n) is 6.22. The van der Waals surface area contributed by atoms with Crippen molar-refractivity contribution >= 4 is 38.9 Å². The summed E-state index contributed by atoms with van der Waals surface area (Å²) in [6, 6.07) is 17.2. The predicted octanol–water partition coefficient (Wildman–Crippen LogP) is 5.62. The summed E-state index contributed by atoms with van der Waals surface area (Å²) in [6.45, 7) is 0. The van der Waals surface area contributed by atoms with E-state index in [9.17, 15) is 8.42 Å². The van der Waals surface area contributed by atoms with Crippen LogP contribution in [0.5, 0.6) is 11.5 Å². The van der Waals surface area contributed by atoms with E-state index in [0.29, 0.717) is 38.4 Å². The third-order valence-corrected chi connectivity index (χ3v) is 6.22. The summed E-state index contributed by atoms with van der Waals surface area (Å²) < 4.78 is 38.9. The number of rotatable bonds is 7. The van der Waals surface area contributed by atoms with Crippen LogP contribution in [0.4, 0.5) is 5.69 Å². The topological polar surface area (TPSA) is 64.6 Å². The quantitative estimate of drug-likeness (QED) is 0.506. The molecular formula is C21H19Cl2NO4S. The largest absolute Gasteiger partial charge is 0.497 e. The summed E-state index contributed by atoms with van der Waals surface area (Å²) in [5, 5.41) is 0.681. The standard InChI is InChI=1S/C21H19Cl2NO4S/c1-27-15-8-9-17(21(12-15)28-2)16-5-3-4-6-20(16)24-29(25,26)13-14-7-10-18(22)19(23)11-14/h3-12,24H,13H2,1-2H3. The molecule has 0 radical (unpaired) electrons. The van der Waals surface area contributed by atoms with Crippen LogP contribution in [0.15, 0.2) is 60.7 Å². The van der Waals surface area contributed by atoms with Gasteiger partial charge in [-0.1, -0.05) is 47.5 Å². The Labute approximate surface area is 180 Å².